The van der Waals surface area contributed by atoms with Gasteiger partial charge in [-0.05, 0) is 66.4 Å². The normalized spacial score (nSPS) is 22.6. The summed E-state index contributed by atoms with van der Waals surface area (Å²) in [6.45, 7) is 1.70. The average Bonchev–Trinajstić information content (AvgIpc) is 3.54. The van der Waals surface area contributed by atoms with E-state index in [1.807, 2.05) is 48.7 Å². The number of hydrogen-bond donors (Lipinski definition) is 4. The summed E-state index contributed by atoms with van der Waals surface area (Å²) >= 11 is 0. The van der Waals surface area contributed by atoms with Crippen molar-refractivity contribution in [1.82, 2.24) is 15.2 Å². The lowest BCUT2D eigenvalue weighted by Gasteiger charge is -2.35. The number of nitrogens with zero attached hydrogens (tertiary/aromatic N) is 1. The fourth-order valence-corrected chi connectivity index (χ4v) is 4.21. The summed E-state index contributed by atoms with van der Waals surface area (Å²) in [6, 6.07) is 15.8. The van der Waals surface area contributed by atoms with Crippen LogP contribution in [0, 0.1) is 0 Å². The van der Waals surface area contributed by atoms with Crippen LogP contribution in [0.2, 0.25) is 0 Å². The molecule has 8 nitrogen and oxygen atoms in total. The van der Waals surface area contributed by atoms with E-state index in [1.54, 1.807) is 20.1 Å². The van der Waals surface area contributed by atoms with Crippen LogP contribution in [0.25, 0.3) is 35.2 Å². The van der Waals surface area contributed by atoms with Crippen molar-refractivity contribution in [1.29, 1.82) is 0 Å². The smallest absolute Gasteiger partial charge is 0.202 e. The molecule has 3 heterocycles. The van der Waals surface area contributed by atoms with Crippen LogP contribution in [0.5, 0.6) is 11.5 Å². The van der Waals surface area contributed by atoms with Crippen LogP contribution in [0.1, 0.15) is 35.9 Å². The van der Waals surface area contributed by atoms with Crippen molar-refractivity contribution in [3.05, 3.63) is 77.2 Å². The molecule has 1 fully saturated rings. The van der Waals surface area contributed by atoms with E-state index in [4.69, 9.17) is 14.2 Å². The summed E-state index contributed by atoms with van der Waals surface area (Å²) < 4.78 is 17.0. The van der Waals surface area contributed by atoms with Gasteiger partial charge >= 0.3 is 0 Å². The number of methoxy groups -OCH3 is 1. The lowest BCUT2D eigenvalue weighted by atomic mass is 10.0. The SMILES string of the molecule is COc1cc(OC2CC(O)[C@H](O)C(C)O2)ccc1/C=C/c1cc(/C=C/c2ccc3cc[nH]c3c2)[nH]n1. The van der Waals surface area contributed by atoms with Crippen molar-refractivity contribution < 1.29 is 24.4 Å². The minimum atomic E-state index is -0.918. The van der Waals surface area contributed by atoms with E-state index >= 15 is 0 Å². The van der Waals surface area contributed by atoms with Gasteiger partial charge in [0, 0.05) is 29.8 Å². The Labute approximate surface area is 208 Å². The Balaban J connectivity index is 1.24. The number of nitrogens with one attached hydrogen (secondary N) is 2. The minimum Gasteiger partial charge on any atom is -0.496 e. The molecule has 8 heteroatoms. The molecule has 36 heavy (non-hydrogen) atoms. The van der Waals surface area contributed by atoms with E-state index in [1.165, 1.54) is 5.39 Å². The summed E-state index contributed by atoms with van der Waals surface area (Å²) in [4.78, 5) is 3.23. The van der Waals surface area contributed by atoms with Crippen LogP contribution in [-0.4, -0.2) is 57.1 Å². The Hall–Kier alpha value is -3.85. The van der Waals surface area contributed by atoms with Crippen molar-refractivity contribution in [3.8, 4) is 11.5 Å². The number of rotatable bonds is 7. The molecule has 3 unspecified atom stereocenters. The van der Waals surface area contributed by atoms with Gasteiger partial charge in [-0.1, -0.05) is 18.2 Å². The number of ether oxygens (including phenoxy) is 3. The first-order chi connectivity index (χ1) is 17.5. The number of fused-ring (bicyclic) bond motifs is 1. The molecule has 2 aromatic carbocycles. The van der Waals surface area contributed by atoms with Gasteiger partial charge in [-0.2, -0.15) is 5.10 Å². The van der Waals surface area contributed by atoms with E-state index in [0.717, 1.165) is 28.0 Å². The highest BCUT2D eigenvalue weighted by Gasteiger charge is 2.35. The number of aromatic amines is 2. The molecule has 0 saturated carbocycles. The first-order valence-electron chi connectivity index (χ1n) is 11.8. The third kappa shape index (κ3) is 5.36. The highest BCUT2D eigenvalue weighted by atomic mass is 16.7. The highest BCUT2D eigenvalue weighted by molar-refractivity contribution is 5.83. The van der Waals surface area contributed by atoms with E-state index in [0.29, 0.717) is 11.5 Å². The number of aliphatic hydroxyl groups excluding tert-OH is 2. The molecule has 0 bridgehead atoms. The van der Waals surface area contributed by atoms with E-state index < -0.39 is 24.6 Å². The summed E-state index contributed by atoms with van der Waals surface area (Å²) in [6.07, 6.45) is 7.01. The number of aromatic nitrogens is 3. The second-order valence-corrected chi connectivity index (χ2v) is 8.83. The van der Waals surface area contributed by atoms with Gasteiger partial charge in [-0.25, -0.2) is 0 Å². The molecule has 0 spiro atoms. The minimum absolute atomic E-state index is 0.186. The molecule has 1 aliphatic heterocycles. The van der Waals surface area contributed by atoms with Crippen LogP contribution in [0.15, 0.2) is 54.7 Å². The molecular formula is C28H29N3O5. The maximum Gasteiger partial charge on any atom is 0.202 e. The van der Waals surface area contributed by atoms with Crippen molar-refractivity contribution in [2.75, 3.05) is 7.11 Å². The third-order valence-corrected chi connectivity index (χ3v) is 6.23. The van der Waals surface area contributed by atoms with Gasteiger partial charge in [-0.3, -0.25) is 5.10 Å². The molecule has 4 N–H and O–H groups in total. The fraction of sp³-hybridized carbons (Fsp3) is 0.250. The van der Waals surface area contributed by atoms with Crippen molar-refractivity contribution in [3.63, 3.8) is 0 Å². The number of benzene rings is 2. The third-order valence-electron chi connectivity index (χ3n) is 6.23. The average molecular weight is 488 g/mol. The lowest BCUT2D eigenvalue weighted by Crippen LogP contribution is -2.48. The van der Waals surface area contributed by atoms with Gasteiger partial charge in [-0.15, -0.1) is 0 Å². The molecule has 1 aliphatic rings. The first-order valence-corrected chi connectivity index (χ1v) is 11.8. The maximum absolute atomic E-state index is 9.99. The van der Waals surface area contributed by atoms with Crippen LogP contribution < -0.4 is 9.47 Å². The Morgan fingerprint density at radius 1 is 1.03 bits per heavy atom. The Morgan fingerprint density at radius 3 is 2.75 bits per heavy atom. The number of hydrogen-bond acceptors (Lipinski definition) is 6. The van der Waals surface area contributed by atoms with Gasteiger partial charge in [0.25, 0.3) is 0 Å². The monoisotopic (exact) mass is 487 g/mol. The topological polar surface area (TPSA) is 113 Å². The highest BCUT2D eigenvalue weighted by Crippen LogP contribution is 2.29. The maximum atomic E-state index is 9.99. The largest absolute Gasteiger partial charge is 0.496 e. The second kappa shape index (κ2) is 10.4. The zero-order chi connectivity index (χ0) is 25.1. The zero-order valence-corrected chi connectivity index (χ0v) is 20.1. The second-order valence-electron chi connectivity index (χ2n) is 8.83. The van der Waals surface area contributed by atoms with Gasteiger partial charge in [0.2, 0.25) is 6.29 Å². The molecule has 4 atom stereocenters. The van der Waals surface area contributed by atoms with Gasteiger partial charge in [0.15, 0.2) is 0 Å². The summed E-state index contributed by atoms with van der Waals surface area (Å²) in [5.41, 5.74) is 4.74. The van der Waals surface area contributed by atoms with Crippen molar-refractivity contribution in [2.24, 2.45) is 0 Å². The standard InChI is InChI=1S/C28H29N3O5/c1-17-28(33)25(32)16-27(35-17)36-23-10-7-20(26(15-23)34-2)6-9-22-14-21(30-31-22)8-4-18-3-5-19-11-12-29-24(19)13-18/h3-15,17,25,27-29,32-33H,16H2,1-2H3,(H,30,31)/b8-4+,9-6+/t17?,25?,27?,28-/m1/s1. The summed E-state index contributed by atoms with van der Waals surface area (Å²) in [5.74, 6) is 1.18. The predicted octanol–water partition coefficient (Wildman–Crippen LogP) is 4.48. The summed E-state index contributed by atoms with van der Waals surface area (Å²) in [7, 11) is 1.59. The Kier molecular flexibility index (Phi) is 6.90. The number of aliphatic hydroxyl groups is 2. The van der Waals surface area contributed by atoms with Gasteiger partial charge < -0.3 is 29.4 Å². The first kappa shape index (κ1) is 23.9. The lowest BCUT2D eigenvalue weighted by molar-refractivity contribution is -0.216. The molecule has 4 aromatic rings. The van der Waals surface area contributed by atoms with Crippen LogP contribution in [0.4, 0.5) is 0 Å². The van der Waals surface area contributed by atoms with Gasteiger partial charge in [0.05, 0.1) is 30.7 Å². The molecule has 0 radical (unpaired) electrons. The number of H-pyrrole nitrogens is 2. The van der Waals surface area contributed by atoms with Crippen LogP contribution in [0.3, 0.4) is 0 Å². The Morgan fingerprint density at radius 2 is 1.92 bits per heavy atom. The van der Waals surface area contributed by atoms with E-state index in [9.17, 15) is 10.2 Å². The Bertz CT molecular complexity index is 1380. The zero-order valence-electron chi connectivity index (χ0n) is 20.1. The predicted molar refractivity (Wildman–Crippen MR) is 139 cm³/mol. The molecule has 0 amide bonds. The van der Waals surface area contributed by atoms with Crippen molar-refractivity contribution in [2.45, 2.75) is 37.9 Å². The fourth-order valence-electron chi connectivity index (χ4n) is 4.21. The van der Waals surface area contributed by atoms with Crippen LogP contribution >= 0.6 is 0 Å². The molecule has 1 saturated heterocycles. The van der Waals surface area contributed by atoms with Crippen molar-refractivity contribution >= 4 is 35.2 Å². The van der Waals surface area contributed by atoms with Gasteiger partial charge in [0.1, 0.15) is 17.6 Å². The van der Waals surface area contributed by atoms with E-state index in [2.05, 4.69) is 39.4 Å². The molecule has 0 aliphatic carbocycles. The molecule has 186 valence electrons. The van der Waals surface area contributed by atoms with Crippen LogP contribution in [-0.2, 0) is 4.74 Å². The molecule has 2 aromatic heterocycles. The van der Waals surface area contributed by atoms with E-state index in [-0.39, 0.29) is 6.42 Å². The summed E-state index contributed by atoms with van der Waals surface area (Å²) in [5, 5.41) is 28.4. The quantitative estimate of drug-likeness (QED) is 0.306. The molecule has 5 rings (SSSR count). The molecular weight excluding hydrogens is 458 g/mol.